The summed E-state index contributed by atoms with van der Waals surface area (Å²) in [5.74, 6) is -0.183. The number of carbonyl (C=O) groups is 1. The highest BCUT2D eigenvalue weighted by Crippen LogP contribution is 2.22. The third kappa shape index (κ3) is 4.80. The van der Waals surface area contributed by atoms with E-state index >= 15 is 0 Å². The summed E-state index contributed by atoms with van der Waals surface area (Å²) in [5.41, 5.74) is 1.03. The van der Waals surface area contributed by atoms with E-state index in [-0.39, 0.29) is 12.5 Å². The van der Waals surface area contributed by atoms with Crippen LogP contribution in [0.3, 0.4) is 0 Å². The normalized spacial score (nSPS) is 10.5. The molecule has 5 nitrogen and oxygen atoms in total. The van der Waals surface area contributed by atoms with Crippen molar-refractivity contribution in [2.75, 3.05) is 32.2 Å². The molecule has 1 amide bonds. The summed E-state index contributed by atoms with van der Waals surface area (Å²) < 4.78 is 9.92. The van der Waals surface area contributed by atoms with Crippen LogP contribution in [0.25, 0.3) is 0 Å². The summed E-state index contributed by atoms with van der Waals surface area (Å²) in [5, 5.41) is 3.36. The number of rotatable bonds is 7. The number of hydrogen-bond donors (Lipinski definition) is 1. The van der Waals surface area contributed by atoms with Crippen molar-refractivity contribution in [1.82, 2.24) is 4.98 Å². The first-order valence-electron chi connectivity index (χ1n) is 5.50. The standard InChI is InChI=1S/C11H18N2O3S/c1-4-9-8(2)17-11(12-9)13-10(14)7-16-6-5-15-3/h4-7H2,1-3H3,(H,12,13,14). The average Bonchev–Trinajstić information content (AvgIpc) is 2.65. The van der Waals surface area contributed by atoms with E-state index in [1.807, 2.05) is 13.8 Å². The van der Waals surface area contributed by atoms with Crippen molar-refractivity contribution in [3.05, 3.63) is 10.6 Å². The second-order valence-electron chi connectivity index (χ2n) is 3.47. The third-order valence-electron chi connectivity index (χ3n) is 2.14. The first-order valence-corrected chi connectivity index (χ1v) is 6.31. The second kappa shape index (κ2) is 7.37. The smallest absolute Gasteiger partial charge is 0.252 e. The maximum Gasteiger partial charge on any atom is 0.252 e. The predicted octanol–water partition coefficient (Wildman–Crippen LogP) is 1.62. The first kappa shape index (κ1) is 14.1. The number of thiazole rings is 1. The van der Waals surface area contributed by atoms with Crippen molar-refractivity contribution in [2.24, 2.45) is 0 Å². The third-order valence-corrected chi connectivity index (χ3v) is 3.07. The number of anilines is 1. The van der Waals surface area contributed by atoms with Gasteiger partial charge in [0.2, 0.25) is 0 Å². The molecule has 0 fully saturated rings. The Kier molecular flexibility index (Phi) is 6.10. The van der Waals surface area contributed by atoms with E-state index in [1.165, 1.54) is 11.3 Å². The van der Waals surface area contributed by atoms with Gasteiger partial charge in [0.1, 0.15) is 6.61 Å². The summed E-state index contributed by atoms with van der Waals surface area (Å²) >= 11 is 1.49. The van der Waals surface area contributed by atoms with Crippen molar-refractivity contribution in [3.63, 3.8) is 0 Å². The number of aryl methyl sites for hydroxylation is 2. The molecule has 0 radical (unpaired) electrons. The molecule has 0 aliphatic heterocycles. The monoisotopic (exact) mass is 258 g/mol. The minimum atomic E-state index is -0.183. The Hall–Kier alpha value is -0.980. The Morgan fingerprint density at radius 1 is 1.47 bits per heavy atom. The summed E-state index contributed by atoms with van der Waals surface area (Å²) in [6, 6.07) is 0. The Bertz CT molecular complexity index is 366. The molecule has 1 rings (SSSR count). The molecule has 0 unspecified atom stereocenters. The molecule has 0 saturated carbocycles. The van der Waals surface area contributed by atoms with E-state index in [1.54, 1.807) is 7.11 Å². The molecule has 0 bridgehead atoms. The van der Waals surface area contributed by atoms with Crippen LogP contribution in [0.4, 0.5) is 5.13 Å². The van der Waals surface area contributed by atoms with E-state index in [0.29, 0.717) is 18.3 Å². The van der Waals surface area contributed by atoms with Gasteiger partial charge >= 0.3 is 0 Å². The Morgan fingerprint density at radius 3 is 2.82 bits per heavy atom. The lowest BCUT2D eigenvalue weighted by molar-refractivity contribution is -0.121. The van der Waals surface area contributed by atoms with Gasteiger partial charge in [0.05, 0.1) is 18.9 Å². The molecule has 0 aliphatic rings. The Balaban J connectivity index is 2.34. The average molecular weight is 258 g/mol. The number of carbonyl (C=O) groups excluding carboxylic acids is 1. The molecule has 17 heavy (non-hydrogen) atoms. The number of hydrogen-bond acceptors (Lipinski definition) is 5. The Morgan fingerprint density at radius 2 is 2.24 bits per heavy atom. The van der Waals surface area contributed by atoms with Crippen LogP contribution >= 0.6 is 11.3 Å². The lowest BCUT2D eigenvalue weighted by Crippen LogP contribution is -2.19. The van der Waals surface area contributed by atoms with Crippen LogP contribution < -0.4 is 5.32 Å². The predicted molar refractivity (Wildman–Crippen MR) is 67.6 cm³/mol. The minimum Gasteiger partial charge on any atom is -0.382 e. The minimum absolute atomic E-state index is 0.0312. The lowest BCUT2D eigenvalue weighted by Gasteiger charge is -2.03. The van der Waals surface area contributed by atoms with Gasteiger partial charge in [0.25, 0.3) is 5.91 Å². The maximum atomic E-state index is 11.5. The van der Waals surface area contributed by atoms with Crippen LogP contribution in [0.2, 0.25) is 0 Å². The molecule has 1 aromatic rings. The molecule has 0 saturated heterocycles. The van der Waals surface area contributed by atoms with E-state index < -0.39 is 0 Å². The van der Waals surface area contributed by atoms with Crippen LogP contribution in [0.5, 0.6) is 0 Å². The van der Waals surface area contributed by atoms with Crippen LogP contribution in [-0.2, 0) is 20.7 Å². The van der Waals surface area contributed by atoms with E-state index in [2.05, 4.69) is 10.3 Å². The highest BCUT2D eigenvalue weighted by molar-refractivity contribution is 7.15. The van der Waals surface area contributed by atoms with Crippen molar-refractivity contribution >= 4 is 22.4 Å². The molecule has 0 aromatic carbocycles. The van der Waals surface area contributed by atoms with Gasteiger partial charge in [0.15, 0.2) is 5.13 Å². The van der Waals surface area contributed by atoms with Gasteiger partial charge in [-0.25, -0.2) is 4.98 Å². The Labute approximate surface area is 105 Å². The molecule has 6 heteroatoms. The van der Waals surface area contributed by atoms with Crippen molar-refractivity contribution in [3.8, 4) is 0 Å². The van der Waals surface area contributed by atoms with Crippen LogP contribution in [-0.4, -0.2) is 37.8 Å². The topological polar surface area (TPSA) is 60.5 Å². The summed E-state index contributed by atoms with van der Waals surface area (Å²) in [6.07, 6.45) is 0.878. The highest BCUT2D eigenvalue weighted by Gasteiger charge is 2.09. The van der Waals surface area contributed by atoms with Gasteiger partial charge in [-0.15, -0.1) is 11.3 Å². The SMILES string of the molecule is CCc1nc(NC(=O)COCCOC)sc1C. The van der Waals surface area contributed by atoms with Crippen LogP contribution in [0, 0.1) is 6.92 Å². The molecule has 96 valence electrons. The number of aromatic nitrogens is 1. The quantitative estimate of drug-likeness (QED) is 0.755. The van der Waals surface area contributed by atoms with Gasteiger partial charge in [0, 0.05) is 12.0 Å². The lowest BCUT2D eigenvalue weighted by atomic mass is 10.3. The second-order valence-corrected chi connectivity index (χ2v) is 4.67. The molecule has 1 N–H and O–H groups in total. The summed E-state index contributed by atoms with van der Waals surface area (Å²) in [7, 11) is 1.59. The molecule has 0 aliphatic carbocycles. The number of amides is 1. The summed E-state index contributed by atoms with van der Waals surface area (Å²) in [6.45, 7) is 4.98. The zero-order valence-corrected chi connectivity index (χ0v) is 11.2. The zero-order valence-electron chi connectivity index (χ0n) is 10.4. The van der Waals surface area contributed by atoms with Gasteiger partial charge in [-0.3, -0.25) is 10.1 Å². The fraction of sp³-hybridized carbons (Fsp3) is 0.636. The van der Waals surface area contributed by atoms with Crippen LogP contribution in [0.1, 0.15) is 17.5 Å². The molecule has 1 heterocycles. The zero-order chi connectivity index (χ0) is 12.7. The molecule has 1 aromatic heterocycles. The van der Waals surface area contributed by atoms with Gasteiger partial charge < -0.3 is 9.47 Å². The van der Waals surface area contributed by atoms with E-state index in [0.717, 1.165) is 17.0 Å². The fourth-order valence-corrected chi connectivity index (χ4v) is 2.19. The fourth-order valence-electron chi connectivity index (χ4n) is 1.27. The maximum absolute atomic E-state index is 11.5. The highest BCUT2D eigenvalue weighted by atomic mass is 32.1. The largest absolute Gasteiger partial charge is 0.382 e. The first-order chi connectivity index (χ1) is 8.17. The van der Waals surface area contributed by atoms with Crippen molar-refractivity contribution in [1.29, 1.82) is 0 Å². The van der Waals surface area contributed by atoms with E-state index in [9.17, 15) is 4.79 Å². The van der Waals surface area contributed by atoms with Gasteiger partial charge in [-0.1, -0.05) is 6.92 Å². The van der Waals surface area contributed by atoms with Crippen molar-refractivity contribution in [2.45, 2.75) is 20.3 Å². The summed E-state index contributed by atoms with van der Waals surface area (Å²) in [4.78, 5) is 16.9. The number of nitrogens with zero attached hydrogens (tertiary/aromatic N) is 1. The number of ether oxygens (including phenoxy) is 2. The number of nitrogens with one attached hydrogen (secondary N) is 1. The molecular formula is C11H18N2O3S. The van der Waals surface area contributed by atoms with Gasteiger partial charge in [-0.2, -0.15) is 0 Å². The molecule has 0 atom stereocenters. The van der Waals surface area contributed by atoms with E-state index in [4.69, 9.17) is 9.47 Å². The van der Waals surface area contributed by atoms with Crippen molar-refractivity contribution < 1.29 is 14.3 Å². The molecular weight excluding hydrogens is 240 g/mol. The molecule has 0 spiro atoms. The van der Waals surface area contributed by atoms with Gasteiger partial charge in [-0.05, 0) is 13.3 Å². The number of methoxy groups -OCH3 is 1. The van der Waals surface area contributed by atoms with Crippen LogP contribution in [0.15, 0.2) is 0 Å².